The molecule has 1 aliphatic heterocycles. The van der Waals surface area contributed by atoms with E-state index < -0.39 is 0 Å². The third-order valence-corrected chi connectivity index (χ3v) is 7.47. The van der Waals surface area contributed by atoms with Crippen LogP contribution >= 0.6 is 11.6 Å². The van der Waals surface area contributed by atoms with Crippen molar-refractivity contribution in [2.75, 3.05) is 76.0 Å². The molecule has 0 radical (unpaired) electrons. The summed E-state index contributed by atoms with van der Waals surface area (Å²) in [7, 11) is 5.76. The van der Waals surface area contributed by atoms with Crippen molar-refractivity contribution >= 4 is 46.0 Å². The van der Waals surface area contributed by atoms with Crippen LogP contribution in [0.3, 0.4) is 0 Å². The normalized spacial score (nSPS) is 14.1. The number of amides is 1. The Labute approximate surface area is 244 Å². The summed E-state index contributed by atoms with van der Waals surface area (Å²) >= 11 is 6.51. The van der Waals surface area contributed by atoms with Crippen molar-refractivity contribution in [2.45, 2.75) is 0 Å². The van der Waals surface area contributed by atoms with Crippen LogP contribution in [0.25, 0.3) is 16.8 Å². The van der Waals surface area contributed by atoms with Crippen molar-refractivity contribution < 1.29 is 9.53 Å². The number of carbonyl (C=O) groups is 1. The van der Waals surface area contributed by atoms with Crippen LogP contribution in [0.2, 0.25) is 5.02 Å². The van der Waals surface area contributed by atoms with Crippen LogP contribution in [-0.2, 0) is 4.79 Å². The number of pyridine rings is 1. The van der Waals surface area contributed by atoms with Crippen LogP contribution in [-0.4, -0.2) is 95.8 Å². The first kappa shape index (κ1) is 28.3. The average Bonchev–Trinajstić information content (AvgIpc) is 3.42. The van der Waals surface area contributed by atoms with E-state index in [1.807, 2.05) is 43.6 Å². The molecule has 3 aromatic heterocycles. The Morgan fingerprint density at radius 3 is 2.76 bits per heavy atom. The van der Waals surface area contributed by atoms with Gasteiger partial charge in [-0.05, 0) is 31.3 Å². The molecule has 1 fully saturated rings. The van der Waals surface area contributed by atoms with Gasteiger partial charge in [-0.1, -0.05) is 24.2 Å². The molecule has 5 rings (SSSR count). The highest BCUT2D eigenvalue weighted by atomic mass is 35.5. The van der Waals surface area contributed by atoms with Gasteiger partial charge in [0.2, 0.25) is 11.9 Å². The van der Waals surface area contributed by atoms with Crippen LogP contribution in [0.4, 0.5) is 23.0 Å². The van der Waals surface area contributed by atoms with Gasteiger partial charge in [0.05, 0.1) is 52.8 Å². The molecule has 4 aromatic rings. The molecule has 0 atom stereocenters. The van der Waals surface area contributed by atoms with Crippen molar-refractivity contribution in [3.63, 3.8) is 0 Å². The van der Waals surface area contributed by atoms with E-state index in [4.69, 9.17) is 21.3 Å². The predicted octanol–water partition coefficient (Wildman–Crippen LogP) is 4.01. The Hall–Kier alpha value is -4.19. The number of hydrogen-bond donors (Lipinski definition) is 2. The van der Waals surface area contributed by atoms with E-state index in [1.54, 1.807) is 24.0 Å². The third-order valence-electron chi connectivity index (χ3n) is 7.19. The minimum atomic E-state index is -0.312. The van der Waals surface area contributed by atoms with Gasteiger partial charge >= 0.3 is 0 Å². The summed E-state index contributed by atoms with van der Waals surface area (Å²) in [5, 5.41) is 11.0. The Morgan fingerprint density at radius 1 is 1.20 bits per heavy atom. The van der Waals surface area contributed by atoms with Crippen molar-refractivity contribution in [3.05, 3.63) is 66.6 Å². The lowest BCUT2D eigenvalue weighted by Gasteiger charge is -2.34. The van der Waals surface area contributed by atoms with Gasteiger partial charge in [0.1, 0.15) is 5.75 Å². The second-order valence-corrected chi connectivity index (χ2v) is 10.3. The molecule has 0 saturated carbocycles. The van der Waals surface area contributed by atoms with Crippen molar-refractivity contribution in [2.24, 2.45) is 0 Å². The summed E-state index contributed by atoms with van der Waals surface area (Å²) in [5.41, 5.74) is 4.21. The number of benzene rings is 1. The van der Waals surface area contributed by atoms with Gasteiger partial charge in [-0.15, -0.1) is 0 Å². The molecule has 2 N–H and O–H groups in total. The molecule has 0 unspecified atom stereocenters. The van der Waals surface area contributed by atoms with Crippen LogP contribution in [0, 0.1) is 0 Å². The van der Waals surface area contributed by atoms with Crippen LogP contribution in [0.5, 0.6) is 5.75 Å². The van der Waals surface area contributed by atoms with Gasteiger partial charge in [-0.2, -0.15) is 5.10 Å². The first-order chi connectivity index (χ1) is 19.9. The van der Waals surface area contributed by atoms with E-state index in [1.165, 1.54) is 6.08 Å². The lowest BCUT2D eigenvalue weighted by atomic mass is 10.2. The smallest absolute Gasteiger partial charge is 0.247 e. The first-order valence-electron chi connectivity index (χ1n) is 13.4. The number of methoxy groups -OCH3 is 1. The molecule has 0 spiro atoms. The van der Waals surface area contributed by atoms with E-state index >= 15 is 0 Å². The molecular formula is C29H34ClN9O2. The molecule has 1 amide bonds. The number of ether oxygens (including phenoxy) is 1. The standard InChI is InChI=1S/C29H34ClN9O2/c1-5-27(40)33-22-16-23(26(41-4)17-25(22)37(3)12-15-38-13-10-36(2)11-14-38)34-29-31-19-21(30)28(35-29)20-18-32-39-9-7-6-8-24(20)39/h5-9,16-19H,1,10-15H2,2-4H3,(H,33,40)(H,31,34,35). The zero-order chi connectivity index (χ0) is 28.9. The highest BCUT2D eigenvalue weighted by molar-refractivity contribution is 6.33. The number of nitrogens with zero attached hydrogens (tertiary/aromatic N) is 7. The largest absolute Gasteiger partial charge is 0.494 e. The van der Waals surface area contributed by atoms with E-state index in [-0.39, 0.29) is 5.91 Å². The van der Waals surface area contributed by atoms with Gasteiger partial charge in [-0.3, -0.25) is 9.69 Å². The average molecular weight is 576 g/mol. The second kappa shape index (κ2) is 12.5. The van der Waals surface area contributed by atoms with Gasteiger partial charge in [0, 0.05) is 64.1 Å². The predicted molar refractivity (Wildman–Crippen MR) is 164 cm³/mol. The molecule has 41 heavy (non-hydrogen) atoms. The maximum absolute atomic E-state index is 12.4. The first-order valence-corrected chi connectivity index (χ1v) is 13.7. The zero-order valence-corrected chi connectivity index (χ0v) is 24.2. The lowest BCUT2D eigenvalue weighted by molar-refractivity contribution is -0.111. The van der Waals surface area contributed by atoms with Gasteiger partial charge < -0.3 is 25.2 Å². The number of carbonyl (C=O) groups excluding carboxylic acids is 1. The van der Waals surface area contributed by atoms with Crippen LogP contribution in [0.1, 0.15) is 0 Å². The minimum Gasteiger partial charge on any atom is -0.494 e. The molecule has 4 heterocycles. The highest BCUT2D eigenvalue weighted by Crippen LogP contribution is 2.38. The molecule has 1 aromatic carbocycles. The number of piperazine rings is 1. The molecule has 214 valence electrons. The summed E-state index contributed by atoms with van der Waals surface area (Å²) < 4.78 is 7.51. The SMILES string of the molecule is C=CC(=O)Nc1cc(Nc2ncc(Cl)c(-c3cnn4ccccc34)n2)c(OC)cc1N(C)CCN1CCN(C)CC1. The Balaban J connectivity index is 1.43. The number of anilines is 4. The molecule has 0 aliphatic carbocycles. The number of hydrogen-bond acceptors (Lipinski definition) is 9. The van der Waals surface area contributed by atoms with Crippen LogP contribution < -0.4 is 20.3 Å². The number of nitrogens with one attached hydrogen (secondary N) is 2. The number of fused-ring (bicyclic) bond motifs is 1. The highest BCUT2D eigenvalue weighted by Gasteiger charge is 2.19. The lowest BCUT2D eigenvalue weighted by Crippen LogP contribution is -2.46. The van der Waals surface area contributed by atoms with E-state index in [0.29, 0.717) is 33.8 Å². The third kappa shape index (κ3) is 6.43. The molecule has 12 heteroatoms. The van der Waals surface area contributed by atoms with Crippen molar-refractivity contribution in [3.8, 4) is 17.0 Å². The summed E-state index contributed by atoms with van der Waals surface area (Å²) in [6, 6.07) is 9.50. The Morgan fingerprint density at radius 2 is 2.00 bits per heavy atom. The number of aromatic nitrogens is 4. The molecule has 11 nitrogen and oxygen atoms in total. The minimum absolute atomic E-state index is 0.312. The number of halogens is 1. The number of likely N-dealkylation sites (N-methyl/N-ethyl adjacent to an activating group) is 2. The monoisotopic (exact) mass is 575 g/mol. The maximum atomic E-state index is 12.4. The van der Waals surface area contributed by atoms with Crippen molar-refractivity contribution in [1.29, 1.82) is 0 Å². The fourth-order valence-electron chi connectivity index (χ4n) is 4.77. The topological polar surface area (TPSA) is 103 Å². The quantitative estimate of drug-likeness (QED) is 0.272. The molecule has 1 saturated heterocycles. The summed E-state index contributed by atoms with van der Waals surface area (Å²) in [6.45, 7) is 9.49. The fourth-order valence-corrected chi connectivity index (χ4v) is 4.97. The summed E-state index contributed by atoms with van der Waals surface area (Å²) in [6.07, 6.45) is 6.38. The molecule has 1 aliphatic rings. The fraction of sp³-hybridized carbons (Fsp3) is 0.310. The molecule has 0 bridgehead atoms. The zero-order valence-electron chi connectivity index (χ0n) is 23.5. The van der Waals surface area contributed by atoms with Gasteiger partial charge in [0.25, 0.3) is 0 Å². The van der Waals surface area contributed by atoms with Crippen LogP contribution in [0.15, 0.2) is 61.6 Å². The summed E-state index contributed by atoms with van der Waals surface area (Å²) in [4.78, 5) is 28.4. The summed E-state index contributed by atoms with van der Waals surface area (Å²) in [5.74, 6) is 0.572. The van der Waals surface area contributed by atoms with E-state index in [0.717, 1.165) is 56.0 Å². The van der Waals surface area contributed by atoms with Gasteiger partial charge in [-0.25, -0.2) is 14.5 Å². The van der Waals surface area contributed by atoms with Gasteiger partial charge in [0.15, 0.2) is 0 Å². The maximum Gasteiger partial charge on any atom is 0.247 e. The van der Waals surface area contributed by atoms with E-state index in [9.17, 15) is 4.79 Å². The van der Waals surface area contributed by atoms with E-state index in [2.05, 4.69) is 49.0 Å². The van der Waals surface area contributed by atoms with Crippen molar-refractivity contribution in [1.82, 2.24) is 29.4 Å². The number of rotatable bonds is 10. The molecular weight excluding hydrogens is 542 g/mol. The Bertz CT molecular complexity index is 1550. The second-order valence-electron chi connectivity index (χ2n) is 9.93. The Kier molecular flexibility index (Phi) is 8.67.